The van der Waals surface area contributed by atoms with Crippen LogP contribution in [0.3, 0.4) is 0 Å². The van der Waals surface area contributed by atoms with E-state index in [0.29, 0.717) is 4.21 Å². The van der Waals surface area contributed by atoms with Crippen LogP contribution in [0, 0.1) is 6.92 Å². The molecular weight excluding hydrogens is 244 g/mol. The van der Waals surface area contributed by atoms with E-state index in [9.17, 15) is 8.42 Å². The van der Waals surface area contributed by atoms with E-state index >= 15 is 0 Å². The van der Waals surface area contributed by atoms with E-state index in [1.54, 1.807) is 6.07 Å². The van der Waals surface area contributed by atoms with Gasteiger partial charge in [-0.25, -0.2) is 13.1 Å². The Balaban J connectivity index is 2.07. The quantitative estimate of drug-likeness (QED) is 0.855. The van der Waals surface area contributed by atoms with E-state index in [1.807, 2.05) is 13.0 Å². The van der Waals surface area contributed by atoms with Gasteiger partial charge < -0.3 is 5.32 Å². The van der Waals surface area contributed by atoms with Gasteiger partial charge in [-0.2, -0.15) is 0 Å². The van der Waals surface area contributed by atoms with Gasteiger partial charge in [-0.1, -0.05) is 0 Å². The Hall–Kier alpha value is -0.430. The predicted octanol–water partition coefficient (Wildman–Crippen LogP) is 1.09. The van der Waals surface area contributed by atoms with Crippen LogP contribution in [0.25, 0.3) is 0 Å². The van der Waals surface area contributed by atoms with Crippen molar-refractivity contribution < 1.29 is 8.42 Å². The number of rotatable bonds is 3. The number of piperidine rings is 1. The van der Waals surface area contributed by atoms with E-state index in [1.165, 1.54) is 11.3 Å². The van der Waals surface area contributed by atoms with Crippen molar-refractivity contribution in [1.82, 2.24) is 10.0 Å². The van der Waals surface area contributed by atoms with Crippen LogP contribution in [-0.4, -0.2) is 27.5 Å². The van der Waals surface area contributed by atoms with Gasteiger partial charge in [0.15, 0.2) is 0 Å². The van der Waals surface area contributed by atoms with Crippen LogP contribution in [0.2, 0.25) is 0 Å². The molecule has 1 aliphatic heterocycles. The summed E-state index contributed by atoms with van der Waals surface area (Å²) in [4.78, 5) is 1.02. The molecule has 1 fully saturated rings. The van der Waals surface area contributed by atoms with E-state index in [2.05, 4.69) is 10.0 Å². The van der Waals surface area contributed by atoms with Gasteiger partial charge in [0, 0.05) is 17.5 Å². The molecule has 6 heteroatoms. The fraction of sp³-hybridized carbons (Fsp3) is 0.600. The average molecular weight is 260 g/mol. The number of hydrogen-bond acceptors (Lipinski definition) is 4. The summed E-state index contributed by atoms with van der Waals surface area (Å²) in [6.07, 6.45) is 1.94. The molecule has 1 unspecified atom stereocenters. The minimum Gasteiger partial charge on any atom is -0.315 e. The number of aryl methyl sites for hydroxylation is 1. The highest BCUT2D eigenvalue weighted by molar-refractivity contribution is 7.91. The summed E-state index contributed by atoms with van der Waals surface area (Å²) in [6.45, 7) is 3.62. The molecule has 0 bridgehead atoms. The van der Waals surface area contributed by atoms with Crippen molar-refractivity contribution in [1.29, 1.82) is 0 Å². The monoisotopic (exact) mass is 260 g/mol. The first-order valence-electron chi connectivity index (χ1n) is 5.37. The Morgan fingerprint density at radius 1 is 1.50 bits per heavy atom. The van der Waals surface area contributed by atoms with Crippen LogP contribution in [0.4, 0.5) is 0 Å². The molecule has 1 aromatic rings. The lowest BCUT2D eigenvalue weighted by atomic mass is 10.1. The number of nitrogens with one attached hydrogen (secondary N) is 2. The zero-order valence-corrected chi connectivity index (χ0v) is 10.8. The van der Waals surface area contributed by atoms with Gasteiger partial charge in [0.25, 0.3) is 0 Å². The van der Waals surface area contributed by atoms with Gasteiger partial charge in [0.2, 0.25) is 10.0 Å². The van der Waals surface area contributed by atoms with Crippen LogP contribution < -0.4 is 10.0 Å². The first-order chi connectivity index (χ1) is 7.58. The minimum absolute atomic E-state index is 0.0288. The zero-order chi connectivity index (χ0) is 11.6. The molecule has 1 saturated heterocycles. The first-order valence-corrected chi connectivity index (χ1v) is 7.67. The summed E-state index contributed by atoms with van der Waals surface area (Å²) in [7, 11) is -3.31. The molecule has 2 N–H and O–H groups in total. The van der Waals surface area contributed by atoms with E-state index < -0.39 is 10.0 Å². The Bertz CT molecular complexity index is 447. The van der Waals surface area contributed by atoms with Crippen molar-refractivity contribution in [2.75, 3.05) is 13.1 Å². The summed E-state index contributed by atoms with van der Waals surface area (Å²) >= 11 is 1.31. The maximum absolute atomic E-state index is 12.0. The topological polar surface area (TPSA) is 58.2 Å². The number of thiophene rings is 1. The standard InChI is InChI=1S/C10H16N2O2S2/c1-8-4-5-10(15-8)16(13,14)12-9-3-2-6-11-7-9/h4-5,9,11-12H,2-3,6-7H2,1H3. The van der Waals surface area contributed by atoms with Crippen molar-refractivity contribution in [2.45, 2.75) is 30.0 Å². The largest absolute Gasteiger partial charge is 0.315 e. The van der Waals surface area contributed by atoms with Crippen molar-refractivity contribution in [2.24, 2.45) is 0 Å². The number of sulfonamides is 1. The molecule has 16 heavy (non-hydrogen) atoms. The van der Waals surface area contributed by atoms with Crippen LogP contribution in [0.1, 0.15) is 17.7 Å². The molecule has 2 heterocycles. The molecule has 1 aromatic heterocycles. The van der Waals surface area contributed by atoms with Crippen LogP contribution in [0.15, 0.2) is 16.3 Å². The lowest BCUT2D eigenvalue weighted by Gasteiger charge is -2.23. The molecule has 0 amide bonds. The van der Waals surface area contributed by atoms with E-state index in [4.69, 9.17) is 0 Å². The van der Waals surface area contributed by atoms with Crippen LogP contribution in [0.5, 0.6) is 0 Å². The summed E-state index contributed by atoms with van der Waals surface area (Å²) in [5.41, 5.74) is 0. The Labute approximate surface area is 100 Å². The van der Waals surface area contributed by atoms with Gasteiger partial charge in [-0.3, -0.25) is 0 Å². The van der Waals surface area contributed by atoms with Crippen LogP contribution >= 0.6 is 11.3 Å². The van der Waals surface area contributed by atoms with Crippen molar-refractivity contribution >= 4 is 21.4 Å². The molecular formula is C10H16N2O2S2. The second-order valence-electron chi connectivity index (χ2n) is 4.03. The summed E-state index contributed by atoms with van der Waals surface area (Å²) in [5.74, 6) is 0. The lowest BCUT2D eigenvalue weighted by Crippen LogP contribution is -2.45. The zero-order valence-electron chi connectivity index (χ0n) is 9.19. The summed E-state index contributed by atoms with van der Waals surface area (Å²) < 4.78 is 27.1. The van der Waals surface area contributed by atoms with Gasteiger partial charge in [-0.15, -0.1) is 11.3 Å². The average Bonchev–Trinajstić information content (AvgIpc) is 2.66. The molecule has 0 aromatic carbocycles. The van der Waals surface area contributed by atoms with Crippen molar-refractivity contribution in [3.05, 3.63) is 17.0 Å². The summed E-state index contributed by atoms with van der Waals surface area (Å²) in [6, 6.07) is 3.53. The van der Waals surface area contributed by atoms with Gasteiger partial charge in [0.1, 0.15) is 4.21 Å². The van der Waals surface area contributed by atoms with Gasteiger partial charge in [-0.05, 0) is 38.4 Å². The maximum atomic E-state index is 12.0. The minimum atomic E-state index is -3.31. The molecule has 1 aliphatic rings. The SMILES string of the molecule is Cc1ccc(S(=O)(=O)NC2CCCNC2)s1. The highest BCUT2D eigenvalue weighted by Crippen LogP contribution is 2.21. The predicted molar refractivity (Wildman–Crippen MR) is 65.3 cm³/mol. The highest BCUT2D eigenvalue weighted by atomic mass is 32.2. The lowest BCUT2D eigenvalue weighted by molar-refractivity contribution is 0.429. The third-order valence-corrected chi connectivity index (χ3v) is 5.61. The first kappa shape index (κ1) is 12.0. The fourth-order valence-electron chi connectivity index (χ4n) is 1.79. The van der Waals surface area contributed by atoms with E-state index in [-0.39, 0.29) is 6.04 Å². The molecule has 4 nitrogen and oxygen atoms in total. The Morgan fingerprint density at radius 3 is 2.88 bits per heavy atom. The Morgan fingerprint density at radius 2 is 2.31 bits per heavy atom. The molecule has 0 aliphatic carbocycles. The van der Waals surface area contributed by atoms with Gasteiger partial charge in [0.05, 0.1) is 0 Å². The maximum Gasteiger partial charge on any atom is 0.250 e. The number of hydrogen-bond donors (Lipinski definition) is 2. The van der Waals surface area contributed by atoms with Crippen molar-refractivity contribution in [3.8, 4) is 0 Å². The van der Waals surface area contributed by atoms with E-state index in [0.717, 1.165) is 30.8 Å². The smallest absolute Gasteiger partial charge is 0.250 e. The van der Waals surface area contributed by atoms with Crippen LogP contribution in [-0.2, 0) is 10.0 Å². The normalized spacial score (nSPS) is 22.2. The third-order valence-electron chi connectivity index (χ3n) is 2.60. The molecule has 1 atom stereocenters. The second-order valence-corrected chi connectivity index (χ2v) is 7.26. The molecule has 0 saturated carbocycles. The van der Waals surface area contributed by atoms with Crippen molar-refractivity contribution in [3.63, 3.8) is 0 Å². The molecule has 90 valence electrons. The molecule has 0 spiro atoms. The molecule has 2 rings (SSSR count). The third kappa shape index (κ3) is 2.82. The second kappa shape index (κ2) is 4.83. The molecule has 0 radical (unpaired) electrons. The summed E-state index contributed by atoms with van der Waals surface area (Å²) in [5, 5.41) is 3.19. The van der Waals surface area contributed by atoms with Gasteiger partial charge >= 0.3 is 0 Å². The highest BCUT2D eigenvalue weighted by Gasteiger charge is 2.22. The fourth-order valence-corrected chi connectivity index (χ4v) is 4.36. The Kier molecular flexibility index (Phi) is 3.63.